The third-order valence-electron chi connectivity index (χ3n) is 4.97. The third-order valence-corrected chi connectivity index (χ3v) is 7.45. The minimum absolute atomic E-state index is 0.135. The van der Waals surface area contributed by atoms with Crippen molar-refractivity contribution >= 4 is 32.8 Å². The number of hydrogen-bond donors (Lipinski definition) is 0. The van der Waals surface area contributed by atoms with E-state index in [0.29, 0.717) is 17.6 Å². The molecule has 1 atom stereocenters. The molecular formula is C19H21N3O2S2. The van der Waals surface area contributed by atoms with E-state index in [4.69, 9.17) is 0 Å². The highest BCUT2D eigenvalue weighted by molar-refractivity contribution is 7.89. The van der Waals surface area contributed by atoms with Gasteiger partial charge in [-0.25, -0.2) is 8.42 Å². The van der Waals surface area contributed by atoms with Gasteiger partial charge in [0.1, 0.15) is 15.9 Å². The summed E-state index contributed by atoms with van der Waals surface area (Å²) in [5.74, 6) is 0. The molecule has 1 fully saturated rings. The van der Waals surface area contributed by atoms with Crippen LogP contribution in [0.5, 0.6) is 0 Å². The lowest BCUT2D eigenvalue weighted by atomic mass is 10.0. The van der Waals surface area contributed by atoms with Gasteiger partial charge in [-0.2, -0.15) is 13.1 Å². The smallest absolute Gasteiger partial charge is 0.207 e. The van der Waals surface area contributed by atoms with Crippen molar-refractivity contribution in [3.63, 3.8) is 0 Å². The second-order valence-electron chi connectivity index (χ2n) is 6.78. The predicted molar refractivity (Wildman–Crippen MR) is 104 cm³/mol. The van der Waals surface area contributed by atoms with Crippen LogP contribution in [-0.2, 0) is 10.0 Å². The van der Waals surface area contributed by atoms with Gasteiger partial charge in [0.2, 0.25) is 10.0 Å². The molecule has 1 aliphatic heterocycles. The molecule has 0 aliphatic carbocycles. The lowest BCUT2D eigenvalue weighted by Crippen LogP contribution is -2.35. The van der Waals surface area contributed by atoms with Crippen molar-refractivity contribution in [1.29, 1.82) is 0 Å². The maximum Gasteiger partial charge on any atom is 0.245 e. The normalized spacial score (nSPS) is 19.5. The number of rotatable bonds is 3. The lowest BCUT2D eigenvalue weighted by Gasteiger charge is -2.29. The van der Waals surface area contributed by atoms with Crippen LogP contribution in [0.4, 0.5) is 0 Å². The van der Waals surface area contributed by atoms with Crippen molar-refractivity contribution in [2.75, 3.05) is 6.54 Å². The zero-order chi connectivity index (χ0) is 18.1. The van der Waals surface area contributed by atoms with E-state index in [2.05, 4.69) is 14.8 Å². The summed E-state index contributed by atoms with van der Waals surface area (Å²) in [5.41, 5.74) is 3.33. The Labute approximate surface area is 158 Å². The predicted octanol–water partition coefficient (Wildman–Crippen LogP) is 4.31. The molecule has 7 heteroatoms. The number of fused-ring (bicyclic) bond motifs is 1. The van der Waals surface area contributed by atoms with E-state index in [1.54, 1.807) is 22.5 Å². The van der Waals surface area contributed by atoms with Crippen molar-refractivity contribution in [2.24, 2.45) is 0 Å². The fourth-order valence-corrected chi connectivity index (χ4v) is 6.13. The van der Waals surface area contributed by atoms with Crippen LogP contribution in [0.1, 0.15) is 42.9 Å². The van der Waals surface area contributed by atoms with Crippen molar-refractivity contribution in [3.8, 4) is 0 Å². The fraction of sp³-hybridized carbons (Fsp3) is 0.368. The lowest BCUT2D eigenvalue weighted by molar-refractivity contribution is 0.329. The van der Waals surface area contributed by atoms with E-state index in [1.807, 2.05) is 25.1 Å². The number of aryl methyl sites for hydroxylation is 1. The van der Waals surface area contributed by atoms with E-state index in [1.165, 1.54) is 0 Å². The number of hydrogen-bond acceptors (Lipinski definition) is 5. The summed E-state index contributed by atoms with van der Waals surface area (Å²) in [5, 5.41) is 0. The Bertz CT molecular complexity index is 1030. The third kappa shape index (κ3) is 3.15. The molecule has 26 heavy (non-hydrogen) atoms. The summed E-state index contributed by atoms with van der Waals surface area (Å²) in [7, 11) is -3.65. The first kappa shape index (κ1) is 17.6. The molecule has 1 aromatic heterocycles. The maximum atomic E-state index is 13.6. The van der Waals surface area contributed by atoms with Crippen LogP contribution in [0.15, 0.2) is 47.4 Å². The monoisotopic (exact) mass is 387 g/mol. The van der Waals surface area contributed by atoms with Crippen LogP contribution in [0, 0.1) is 6.92 Å². The molecule has 0 radical (unpaired) electrons. The first-order valence-corrected chi connectivity index (χ1v) is 11.0. The minimum Gasteiger partial charge on any atom is -0.207 e. The molecule has 1 saturated heterocycles. The van der Waals surface area contributed by atoms with Crippen molar-refractivity contribution in [1.82, 2.24) is 13.1 Å². The standard InChI is InChI=1S/C19H21N3O2S2/c1-14-7-5-8-15(13-14)17-10-3-2-4-12-22(17)26(23,24)18-11-6-9-16-19(18)21-25-20-16/h5-9,11,13,17H,2-4,10,12H2,1H3. The highest BCUT2D eigenvalue weighted by atomic mass is 32.2. The van der Waals surface area contributed by atoms with E-state index < -0.39 is 10.0 Å². The summed E-state index contributed by atoms with van der Waals surface area (Å²) in [6, 6.07) is 13.3. The molecule has 4 rings (SSSR count). The van der Waals surface area contributed by atoms with Crippen LogP contribution in [-0.4, -0.2) is 28.0 Å². The van der Waals surface area contributed by atoms with Gasteiger partial charge >= 0.3 is 0 Å². The SMILES string of the molecule is Cc1cccc(C2CCCCCN2S(=O)(=O)c2cccc3nsnc23)c1. The molecule has 2 heterocycles. The van der Waals surface area contributed by atoms with Gasteiger partial charge in [0.05, 0.1) is 17.8 Å². The van der Waals surface area contributed by atoms with Crippen LogP contribution in [0.3, 0.4) is 0 Å². The summed E-state index contributed by atoms with van der Waals surface area (Å²) in [6.07, 6.45) is 3.81. The van der Waals surface area contributed by atoms with Gasteiger partial charge in [-0.1, -0.05) is 48.7 Å². The Morgan fingerprint density at radius 3 is 2.77 bits per heavy atom. The Hall–Kier alpha value is -1.83. The topological polar surface area (TPSA) is 63.2 Å². The first-order chi connectivity index (χ1) is 12.6. The summed E-state index contributed by atoms with van der Waals surface area (Å²) in [4.78, 5) is 0.267. The van der Waals surface area contributed by atoms with Gasteiger partial charge in [-0.05, 0) is 37.5 Å². The molecule has 1 unspecified atom stereocenters. The number of benzene rings is 2. The van der Waals surface area contributed by atoms with Gasteiger partial charge in [-0.3, -0.25) is 0 Å². The molecule has 0 bridgehead atoms. The molecular weight excluding hydrogens is 366 g/mol. The Kier molecular flexibility index (Phi) is 4.77. The van der Waals surface area contributed by atoms with Crippen molar-refractivity contribution in [2.45, 2.75) is 43.5 Å². The van der Waals surface area contributed by atoms with E-state index in [-0.39, 0.29) is 10.9 Å². The van der Waals surface area contributed by atoms with Crippen LogP contribution in [0.2, 0.25) is 0 Å². The second kappa shape index (κ2) is 7.06. The summed E-state index contributed by atoms with van der Waals surface area (Å²) >= 11 is 1.05. The fourth-order valence-electron chi connectivity index (χ4n) is 3.70. The number of nitrogens with zero attached hydrogens (tertiary/aromatic N) is 3. The van der Waals surface area contributed by atoms with Crippen LogP contribution >= 0.6 is 11.7 Å². The Morgan fingerprint density at radius 2 is 1.92 bits per heavy atom. The largest absolute Gasteiger partial charge is 0.245 e. The molecule has 0 spiro atoms. The maximum absolute atomic E-state index is 13.6. The highest BCUT2D eigenvalue weighted by Gasteiger charge is 2.35. The zero-order valence-electron chi connectivity index (χ0n) is 14.6. The Balaban J connectivity index is 1.83. The molecule has 1 aliphatic rings. The van der Waals surface area contributed by atoms with Gasteiger partial charge in [0.25, 0.3) is 0 Å². The van der Waals surface area contributed by atoms with E-state index in [9.17, 15) is 8.42 Å². The molecule has 0 amide bonds. The average Bonchev–Trinajstić information content (AvgIpc) is 2.96. The van der Waals surface area contributed by atoms with Crippen LogP contribution < -0.4 is 0 Å². The number of sulfonamides is 1. The average molecular weight is 388 g/mol. The molecule has 136 valence electrons. The van der Waals surface area contributed by atoms with E-state index in [0.717, 1.165) is 48.5 Å². The van der Waals surface area contributed by atoms with E-state index >= 15 is 0 Å². The summed E-state index contributed by atoms with van der Waals surface area (Å²) in [6.45, 7) is 2.58. The minimum atomic E-state index is -3.65. The van der Waals surface area contributed by atoms with Gasteiger partial charge in [-0.15, -0.1) is 0 Å². The molecule has 5 nitrogen and oxygen atoms in total. The highest BCUT2D eigenvalue weighted by Crippen LogP contribution is 2.36. The van der Waals surface area contributed by atoms with Gasteiger partial charge in [0.15, 0.2) is 0 Å². The van der Waals surface area contributed by atoms with Crippen molar-refractivity contribution < 1.29 is 8.42 Å². The van der Waals surface area contributed by atoms with Gasteiger partial charge < -0.3 is 0 Å². The Morgan fingerprint density at radius 1 is 1.08 bits per heavy atom. The molecule has 0 N–H and O–H groups in total. The first-order valence-electron chi connectivity index (χ1n) is 8.87. The number of aromatic nitrogens is 2. The zero-order valence-corrected chi connectivity index (χ0v) is 16.3. The second-order valence-corrected chi connectivity index (χ2v) is 9.17. The molecule has 0 saturated carbocycles. The van der Waals surface area contributed by atoms with Crippen molar-refractivity contribution in [3.05, 3.63) is 53.6 Å². The quantitative estimate of drug-likeness (QED) is 0.672. The van der Waals surface area contributed by atoms with Crippen LogP contribution in [0.25, 0.3) is 11.0 Å². The summed E-state index contributed by atoms with van der Waals surface area (Å²) < 4.78 is 37.3. The molecule has 3 aromatic rings. The van der Waals surface area contributed by atoms with Gasteiger partial charge in [0, 0.05) is 6.54 Å². The molecule has 2 aromatic carbocycles.